The number of rotatable bonds is 4. The van der Waals surface area contributed by atoms with E-state index in [2.05, 4.69) is 15.9 Å². The molecule has 0 N–H and O–H groups in total. The first-order valence-corrected chi connectivity index (χ1v) is 9.96. The standard InChI is InChI=1S/C24H19BrN2O2/c1-16-3-5-17(6-4-16)15-22-24(28)27(20-11-13-21(29-2)14-12-20)23(26-22)18-7-9-19(25)10-8-18/h3-15H,1-2H3/b22-15+. The van der Waals surface area contributed by atoms with Crippen molar-refractivity contribution >= 4 is 39.4 Å². The quantitative estimate of drug-likeness (QED) is 0.489. The van der Waals surface area contributed by atoms with Crippen molar-refractivity contribution in [1.82, 2.24) is 0 Å². The molecule has 1 heterocycles. The van der Waals surface area contributed by atoms with Gasteiger partial charge in [0.1, 0.15) is 17.3 Å². The highest BCUT2D eigenvalue weighted by Crippen LogP contribution is 2.29. The van der Waals surface area contributed by atoms with Crippen LogP contribution in [0.3, 0.4) is 0 Å². The molecular weight excluding hydrogens is 428 g/mol. The van der Waals surface area contributed by atoms with E-state index in [0.717, 1.165) is 27.0 Å². The Morgan fingerprint density at radius 2 is 1.59 bits per heavy atom. The van der Waals surface area contributed by atoms with Gasteiger partial charge in [-0.2, -0.15) is 0 Å². The molecule has 0 fully saturated rings. The van der Waals surface area contributed by atoms with Crippen molar-refractivity contribution in [3.63, 3.8) is 0 Å². The molecule has 0 aliphatic carbocycles. The summed E-state index contributed by atoms with van der Waals surface area (Å²) in [5.41, 5.74) is 4.12. The average molecular weight is 447 g/mol. The molecule has 0 unspecified atom stereocenters. The first-order chi connectivity index (χ1) is 14.0. The fourth-order valence-corrected chi connectivity index (χ4v) is 3.36. The lowest BCUT2D eigenvalue weighted by molar-refractivity contribution is -0.113. The lowest BCUT2D eigenvalue weighted by Gasteiger charge is -2.19. The Balaban J connectivity index is 1.79. The first-order valence-electron chi connectivity index (χ1n) is 9.16. The number of carbonyl (C=O) groups excluding carboxylic acids is 1. The highest BCUT2D eigenvalue weighted by atomic mass is 79.9. The summed E-state index contributed by atoms with van der Waals surface area (Å²) in [4.78, 5) is 19.6. The molecule has 3 aromatic rings. The molecule has 0 radical (unpaired) electrons. The predicted molar refractivity (Wildman–Crippen MR) is 120 cm³/mol. The fraction of sp³-hybridized carbons (Fsp3) is 0.0833. The Hall–Kier alpha value is -3.18. The molecule has 1 amide bonds. The summed E-state index contributed by atoms with van der Waals surface area (Å²) in [5.74, 6) is 1.18. The minimum Gasteiger partial charge on any atom is -0.497 e. The predicted octanol–water partition coefficient (Wildman–Crippen LogP) is 5.60. The van der Waals surface area contributed by atoms with Crippen LogP contribution in [0.25, 0.3) is 6.08 Å². The van der Waals surface area contributed by atoms with E-state index in [4.69, 9.17) is 9.73 Å². The van der Waals surface area contributed by atoms with Gasteiger partial charge >= 0.3 is 0 Å². The second-order valence-electron chi connectivity index (χ2n) is 6.72. The lowest BCUT2D eigenvalue weighted by Crippen LogP contribution is -2.32. The molecule has 29 heavy (non-hydrogen) atoms. The lowest BCUT2D eigenvalue weighted by atomic mass is 10.1. The number of amides is 1. The largest absolute Gasteiger partial charge is 0.497 e. The van der Waals surface area contributed by atoms with Crippen molar-refractivity contribution < 1.29 is 9.53 Å². The number of nitrogens with zero attached hydrogens (tertiary/aromatic N) is 2. The summed E-state index contributed by atoms with van der Waals surface area (Å²) in [6.07, 6.45) is 1.82. The SMILES string of the molecule is COc1ccc(N2C(=O)/C(=C\c3ccc(C)cc3)N=C2c2ccc(Br)cc2)cc1. The van der Waals surface area contributed by atoms with Crippen LogP contribution in [0.5, 0.6) is 5.75 Å². The highest BCUT2D eigenvalue weighted by molar-refractivity contribution is 9.10. The molecule has 0 saturated heterocycles. The Morgan fingerprint density at radius 3 is 2.21 bits per heavy atom. The maximum Gasteiger partial charge on any atom is 0.282 e. The second kappa shape index (κ2) is 8.05. The molecule has 1 aliphatic heterocycles. The zero-order valence-electron chi connectivity index (χ0n) is 16.1. The molecular formula is C24H19BrN2O2. The molecule has 1 aliphatic rings. The summed E-state index contributed by atoms with van der Waals surface area (Å²) in [6, 6.07) is 23.2. The van der Waals surface area contributed by atoms with Gasteiger partial charge in [0, 0.05) is 10.0 Å². The molecule has 0 bridgehead atoms. The Labute approximate surface area is 178 Å². The van der Waals surface area contributed by atoms with Crippen LogP contribution in [0.2, 0.25) is 0 Å². The van der Waals surface area contributed by atoms with Gasteiger partial charge in [-0.15, -0.1) is 0 Å². The van der Waals surface area contributed by atoms with Gasteiger partial charge in [-0.05, 0) is 55.0 Å². The van der Waals surface area contributed by atoms with E-state index >= 15 is 0 Å². The molecule has 144 valence electrons. The number of methoxy groups -OCH3 is 1. The van der Waals surface area contributed by atoms with Crippen LogP contribution < -0.4 is 9.64 Å². The fourth-order valence-electron chi connectivity index (χ4n) is 3.10. The van der Waals surface area contributed by atoms with E-state index in [1.807, 2.05) is 85.8 Å². The maximum atomic E-state index is 13.3. The van der Waals surface area contributed by atoms with Crippen LogP contribution in [0.4, 0.5) is 5.69 Å². The number of ether oxygens (including phenoxy) is 1. The number of halogens is 1. The van der Waals surface area contributed by atoms with Crippen LogP contribution in [-0.4, -0.2) is 18.9 Å². The number of amidine groups is 1. The normalized spacial score (nSPS) is 15.0. The number of carbonyl (C=O) groups is 1. The molecule has 0 spiro atoms. The number of aliphatic imine (C=N–C) groups is 1. The van der Waals surface area contributed by atoms with Crippen LogP contribution in [0, 0.1) is 6.92 Å². The minimum atomic E-state index is -0.159. The molecule has 0 aromatic heterocycles. The number of aryl methyl sites for hydroxylation is 1. The van der Waals surface area contributed by atoms with Crippen molar-refractivity contribution in [1.29, 1.82) is 0 Å². The third-order valence-electron chi connectivity index (χ3n) is 4.67. The third-order valence-corrected chi connectivity index (χ3v) is 5.20. The number of hydrogen-bond acceptors (Lipinski definition) is 3. The molecule has 4 rings (SSSR count). The summed E-state index contributed by atoms with van der Waals surface area (Å²) in [5, 5.41) is 0. The summed E-state index contributed by atoms with van der Waals surface area (Å²) in [7, 11) is 1.62. The van der Waals surface area contributed by atoms with E-state index in [0.29, 0.717) is 11.5 Å². The van der Waals surface area contributed by atoms with Crippen molar-refractivity contribution in [2.75, 3.05) is 12.0 Å². The Kier molecular flexibility index (Phi) is 5.32. The van der Waals surface area contributed by atoms with E-state index in [-0.39, 0.29) is 5.91 Å². The first kappa shape index (κ1) is 19.2. The molecule has 4 nitrogen and oxygen atoms in total. The Bertz CT molecular complexity index is 1100. The van der Waals surface area contributed by atoms with Crippen LogP contribution in [0.15, 0.2) is 88.0 Å². The summed E-state index contributed by atoms with van der Waals surface area (Å²) in [6.45, 7) is 2.03. The smallest absolute Gasteiger partial charge is 0.282 e. The molecule has 0 atom stereocenters. The zero-order chi connectivity index (χ0) is 20.4. The number of hydrogen-bond donors (Lipinski definition) is 0. The average Bonchev–Trinajstić information content (AvgIpc) is 3.06. The Morgan fingerprint density at radius 1 is 0.931 bits per heavy atom. The number of benzene rings is 3. The van der Waals surface area contributed by atoms with E-state index in [9.17, 15) is 4.79 Å². The van der Waals surface area contributed by atoms with Crippen LogP contribution in [-0.2, 0) is 4.79 Å². The van der Waals surface area contributed by atoms with Crippen molar-refractivity contribution in [3.05, 3.63) is 99.7 Å². The van der Waals surface area contributed by atoms with Crippen LogP contribution in [0.1, 0.15) is 16.7 Å². The number of anilines is 1. The van der Waals surface area contributed by atoms with Gasteiger partial charge in [0.05, 0.1) is 12.8 Å². The zero-order valence-corrected chi connectivity index (χ0v) is 17.7. The van der Waals surface area contributed by atoms with Crippen molar-refractivity contribution in [3.8, 4) is 5.75 Å². The van der Waals surface area contributed by atoms with E-state index in [1.54, 1.807) is 12.0 Å². The molecule has 0 saturated carbocycles. The van der Waals surface area contributed by atoms with Crippen molar-refractivity contribution in [2.45, 2.75) is 6.92 Å². The summed E-state index contributed by atoms with van der Waals surface area (Å²) >= 11 is 3.46. The van der Waals surface area contributed by atoms with Gasteiger partial charge in [-0.3, -0.25) is 9.69 Å². The van der Waals surface area contributed by atoms with E-state index < -0.39 is 0 Å². The van der Waals surface area contributed by atoms with Gasteiger partial charge in [-0.25, -0.2) is 4.99 Å². The topological polar surface area (TPSA) is 41.9 Å². The minimum absolute atomic E-state index is 0.159. The molecule has 3 aromatic carbocycles. The van der Waals surface area contributed by atoms with Crippen LogP contribution >= 0.6 is 15.9 Å². The molecule has 5 heteroatoms. The van der Waals surface area contributed by atoms with Crippen molar-refractivity contribution in [2.24, 2.45) is 4.99 Å². The maximum absolute atomic E-state index is 13.3. The summed E-state index contributed by atoms with van der Waals surface area (Å²) < 4.78 is 6.21. The van der Waals surface area contributed by atoms with Gasteiger partial charge in [0.2, 0.25) is 0 Å². The van der Waals surface area contributed by atoms with Gasteiger partial charge in [-0.1, -0.05) is 57.9 Å². The van der Waals surface area contributed by atoms with E-state index in [1.165, 1.54) is 5.56 Å². The monoisotopic (exact) mass is 446 g/mol. The van der Waals surface area contributed by atoms with Gasteiger partial charge < -0.3 is 4.74 Å². The van der Waals surface area contributed by atoms with Gasteiger partial charge in [0.25, 0.3) is 5.91 Å². The van der Waals surface area contributed by atoms with Gasteiger partial charge in [0.15, 0.2) is 0 Å². The second-order valence-corrected chi connectivity index (χ2v) is 7.64. The highest BCUT2D eigenvalue weighted by Gasteiger charge is 2.32. The third kappa shape index (κ3) is 4.00.